The van der Waals surface area contributed by atoms with Gasteiger partial charge in [-0.15, -0.1) is 0 Å². The number of carbonyl (C=O) groups excluding carboxylic acids is 2. The van der Waals surface area contributed by atoms with Gasteiger partial charge in [0.2, 0.25) is 0 Å². The first-order valence-electron chi connectivity index (χ1n) is 7.06. The molecule has 0 atom stereocenters. The Bertz CT molecular complexity index is 768. The number of benzene rings is 2. The molecule has 0 saturated carbocycles. The van der Waals surface area contributed by atoms with Crippen LogP contribution in [0.25, 0.3) is 6.08 Å². The monoisotopic (exact) mass is 326 g/mol. The average molecular weight is 326 g/mol. The van der Waals surface area contributed by atoms with E-state index in [-0.39, 0.29) is 5.70 Å². The number of nitrogens with one attached hydrogen (secondary N) is 1. The summed E-state index contributed by atoms with van der Waals surface area (Å²) in [5, 5.41) is 13.6. The largest absolute Gasteiger partial charge is 0.543 e. The number of rotatable bonds is 6. The van der Waals surface area contributed by atoms with Crippen LogP contribution >= 0.6 is 0 Å². The molecule has 0 radical (unpaired) electrons. The van der Waals surface area contributed by atoms with Gasteiger partial charge in [0, 0.05) is 5.56 Å². The molecule has 0 spiro atoms. The number of carboxylic acid groups (broad SMARTS) is 1. The standard InChI is InChI=1S/C18H17NO5/c1-23-15-9-8-12(11-16(15)24-2)10-14(18(21)22)19-17(20)13-6-4-3-5-7-13/h3-11H,1-2H3,(H,19,20)(H,21,22)/p-1/b14-10+. The molecule has 0 aromatic heterocycles. The normalized spacial score (nSPS) is 10.8. The van der Waals surface area contributed by atoms with E-state index in [4.69, 9.17) is 9.47 Å². The van der Waals surface area contributed by atoms with Crippen LogP contribution in [0.5, 0.6) is 11.5 Å². The molecule has 0 unspecified atom stereocenters. The number of aliphatic carboxylic acids is 1. The van der Waals surface area contributed by atoms with Crippen molar-refractivity contribution in [2.24, 2.45) is 0 Å². The van der Waals surface area contributed by atoms with E-state index in [0.717, 1.165) is 0 Å². The zero-order valence-electron chi connectivity index (χ0n) is 13.2. The molecule has 124 valence electrons. The van der Waals surface area contributed by atoms with E-state index < -0.39 is 11.9 Å². The molecule has 6 nitrogen and oxygen atoms in total. The summed E-state index contributed by atoms with van der Waals surface area (Å²) in [4.78, 5) is 23.4. The fourth-order valence-electron chi connectivity index (χ4n) is 2.04. The van der Waals surface area contributed by atoms with Crippen LogP contribution in [0.3, 0.4) is 0 Å². The molecule has 1 amide bonds. The maximum absolute atomic E-state index is 12.1. The Morgan fingerprint density at radius 1 is 1.00 bits per heavy atom. The van der Waals surface area contributed by atoms with E-state index in [2.05, 4.69) is 5.32 Å². The first-order chi connectivity index (χ1) is 11.5. The smallest absolute Gasteiger partial charge is 0.255 e. The molecule has 2 aromatic carbocycles. The number of hydrogen-bond acceptors (Lipinski definition) is 5. The predicted octanol–water partition coefficient (Wildman–Crippen LogP) is 1.22. The number of hydrogen-bond donors (Lipinski definition) is 1. The molecule has 0 fully saturated rings. The van der Waals surface area contributed by atoms with Crippen molar-refractivity contribution in [3.63, 3.8) is 0 Å². The van der Waals surface area contributed by atoms with Crippen molar-refractivity contribution in [2.75, 3.05) is 14.2 Å². The predicted molar refractivity (Wildman–Crippen MR) is 86.4 cm³/mol. The molecule has 24 heavy (non-hydrogen) atoms. The average Bonchev–Trinajstić information content (AvgIpc) is 2.61. The van der Waals surface area contributed by atoms with Crippen LogP contribution in [0.1, 0.15) is 15.9 Å². The Labute approximate surface area is 139 Å². The highest BCUT2D eigenvalue weighted by atomic mass is 16.5. The van der Waals surface area contributed by atoms with Gasteiger partial charge in [0.15, 0.2) is 11.5 Å². The highest BCUT2D eigenvalue weighted by Gasteiger charge is 2.09. The van der Waals surface area contributed by atoms with Crippen LogP contribution in [-0.4, -0.2) is 26.1 Å². The number of amides is 1. The lowest BCUT2D eigenvalue weighted by atomic mass is 10.1. The van der Waals surface area contributed by atoms with Gasteiger partial charge in [-0.05, 0) is 35.9 Å². The maximum Gasteiger partial charge on any atom is 0.255 e. The van der Waals surface area contributed by atoms with Gasteiger partial charge in [-0.2, -0.15) is 0 Å². The second kappa shape index (κ2) is 7.82. The third-order valence-electron chi connectivity index (χ3n) is 3.22. The van der Waals surface area contributed by atoms with Crippen molar-refractivity contribution in [1.82, 2.24) is 5.32 Å². The fourth-order valence-corrected chi connectivity index (χ4v) is 2.04. The van der Waals surface area contributed by atoms with Crippen molar-refractivity contribution >= 4 is 18.0 Å². The molecule has 2 aromatic rings. The Balaban J connectivity index is 2.29. The zero-order valence-corrected chi connectivity index (χ0v) is 13.2. The minimum atomic E-state index is -1.49. The molecule has 2 rings (SSSR count). The van der Waals surface area contributed by atoms with Gasteiger partial charge in [-0.25, -0.2) is 0 Å². The third kappa shape index (κ3) is 4.13. The highest BCUT2D eigenvalue weighted by molar-refractivity contribution is 6.02. The number of methoxy groups -OCH3 is 2. The van der Waals surface area contributed by atoms with E-state index in [1.54, 1.807) is 48.5 Å². The quantitative estimate of drug-likeness (QED) is 0.807. The summed E-state index contributed by atoms with van der Waals surface area (Å²) in [5.41, 5.74) is 0.508. The van der Waals surface area contributed by atoms with Crippen LogP contribution < -0.4 is 19.9 Å². The minimum Gasteiger partial charge on any atom is -0.543 e. The second-order valence-electron chi connectivity index (χ2n) is 4.78. The van der Waals surface area contributed by atoms with Crippen LogP contribution in [0.15, 0.2) is 54.2 Å². The van der Waals surface area contributed by atoms with E-state index >= 15 is 0 Å². The summed E-state index contributed by atoms with van der Waals surface area (Å²) in [6, 6.07) is 13.2. The van der Waals surface area contributed by atoms with Crippen molar-refractivity contribution in [1.29, 1.82) is 0 Å². The summed E-state index contributed by atoms with van der Waals surface area (Å²) in [5.74, 6) is -1.07. The van der Waals surface area contributed by atoms with Gasteiger partial charge < -0.3 is 24.7 Å². The maximum atomic E-state index is 12.1. The van der Waals surface area contributed by atoms with Crippen LogP contribution in [0.2, 0.25) is 0 Å². The summed E-state index contributed by atoms with van der Waals surface area (Å²) in [7, 11) is 2.97. The third-order valence-corrected chi connectivity index (χ3v) is 3.22. The fraction of sp³-hybridized carbons (Fsp3) is 0.111. The summed E-state index contributed by atoms with van der Waals surface area (Å²) in [6.07, 6.45) is 1.29. The minimum absolute atomic E-state index is 0.344. The molecule has 0 aliphatic heterocycles. The molecule has 0 saturated heterocycles. The second-order valence-corrected chi connectivity index (χ2v) is 4.78. The topological polar surface area (TPSA) is 87.7 Å². The lowest BCUT2D eigenvalue weighted by Gasteiger charge is -2.12. The molecule has 0 aliphatic carbocycles. The highest BCUT2D eigenvalue weighted by Crippen LogP contribution is 2.28. The van der Waals surface area contributed by atoms with Crippen molar-refractivity contribution in [2.45, 2.75) is 0 Å². The van der Waals surface area contributed by atoms with Gasteiger partial charge >= 0.3 is 0 Å². The molecular formula is C18H16NO5-. The summed E-state index contributed by atoms with van der Waals surface area (Å²) in [6.45, 7) is 0. The molecule has 6 heteroatoms. The van der Waals surface area contributed by atoms with Crippen LogP contribution in [0, 0.1) is 0 Å². The van der Waals surface area contributed by atoms with Gasteiger partial charge in [0.1, 0.15) is 0 Å². The van der Waals surface area contributed by atoms with Crippen molar-refractivity contribution < 1.29 is 24.2 Å². The molecular weight excluding hydrogens is 310 g/mol. The van der Waals surface area contributed by atoms with E-state index in [0.29, 0.717) is 22.6 Å². The molecule has 0 heterocycles. The van der Waals surface area contributed by atoms with Crippen molar-refractivity contribution in [3.05, 3.63) is 65.4 Å². The van der Waals surface area contributed by atoms with Gasteiger partial charge in [0.05, 0.1) is 25.9 Å². The van der Waals surface area contributed by atoms with Crippen LogP contribution in [0.4, 0.5) is 0 Å². The Hall–Kier alpha value is -3.28. The van der Waals surface area contributed by atoms with Crippen molar-refractivity contribution in [3.8, 4) is 11.5 Å². The summed E-state index contributed by atoms with van der Waals surface area (Å²) >= 11 is 0. The SMILES string of the molecule is COc1ccc(/C=C(/NC(=O)c2ccccc2)C(=O)[O-])cc1OC. The Kier molecular flexibility index (Phi) is 5.57. The number of ether oxygens (including phenoxy) is 2. The van der Waals surface area contributed by atoms with E-state index in [9.17, 15) is 14.7 Å². The molecule has 0 bridgehead atoms. The lowest BCUT2D eigenvalue weighted by Crippen LogP contribution is -2.35. The zero-order chi connectivity index (χ0) is 17.5. The van der Waals surface area contributed by atoms with Crippen LogP contribution in [-0.2, 0) is 4.79 Å². The summed E-state index contributed by atoms with van der Waals surface area (Å²) < 4.78 is 10.3. The number of carbonyl (C=O) groups is 2. The van der Waals surface area contributed by atoms with Gasteiger partial charge in [0.25, 0.3) is 5.91 Å². The van der Waals surface area contributed by atoms with Gasteiger partial charge in [-0.3, -0.25) is 4.79 Å². The van der Waals surface area contributed by atoms with Gasteiger partial charge in [-0.1, -0.05) is 24.3 Å². The molecule has 1 N–H and O–H groups in total. The van der Waals surface area contributed by atoms with E-state index in [1.165, 1.54) is 20.3 Å². The van der Waals surface area contributed by atoms with E-state index in [1.807, 2.05) is 0 Å². The lowest BCUT2D eigenvalue weighted by molar-refractivity contribution is -0.299. The Morgan fingerprint density at radius 2 is 1.67 bits per heavy atom. The molecule has 0 aliphatic rings. The first-order valence-corrected chi connectivity index (χ1v) is 7.06. The number of carboxylic acids is 1. The Morgan fingerprint density at radius 3 is 2.25 bits per heavy atom. The first kappa shape index (κ1) is 17.1.